The molecule has 0 bridgehead atoms. The summed E-state index contributed by atoms with van der Waals surface area (Å²) < 4.78 is 5.95. The maximum Gasteiger partial charge on any atom is 0.262 e. The van der Waals surface area contributed by atoms with Crippen molar-refractivity contribution in [3.63, 3.8) is 0 Å². The number of nitrogens with one attached hydrogen (secondary N) is 1. The second-order valence-corrected chi connectivity index (χ2v) is 6.48. The number of carbonyl (C=O) groups is 2. The molecule has 2 amide bonds. The van der Waals surface area contributed by atoms with E-state index >= 15 is 0 Å². The van der Waals surface area contributed by atoms with E-state index in [9.17, 15) is 9.59 Å². The molecule has 2 aromatic carbocycles. The number of benzene rings is 2. The van der Waals surface area contributed by atoms with Crippen LogP contribution in [0, 0.1) is 5.92 Å². The highest BCUT2D eigenvalue weighted by Gasteiger charge is 2.27. The Hall–Kier alpha value is -2.82. The number of nitrogens with zero attached hydrogens (tertiary/aromatic N) is 1. The lowest BCUT2D eigenvalue weighted by atomic mass is 10.1. The van der Waals surface area contributed by atoms with E-state index in [-0.39, 0.29) is 17.7 Å². The van der Waals surface area contributed by atoms with Crippen LogP contribution in [-0.2, 0) is 4.79 Å². The summed E-state index contributed by atoms with van der Waals surface area (Å²) in [5.74, 6) is 1.22. The Balaban J connectivity index is 1.96. The van der Waals surface area contributed by atoms with Crippen LogP contribution in [0.5, 0.6) is 11.5 Å². The third kappa shape index (κ3) is 3.50. The summed E-state index contributed by atoms with van der Waals surface area (Å²) in [6.07, 6.45) is 0.439. The normalized spacial score (nSPS) is 13.0. The van der Waals surface area contributed by atoms with Gasteiger partial charge < -0.3 is 15.0 Å². The molecule has 5 heteroatoms. The average Bonchev–Trinajstić information content (AvgIpc) is 2.68. The number of hydrogen-bond acceptors (Lipinski definition) is 3. The van der Waals surface area contributed by atoms with Gasteiger partial charge in [0.2, 0.25) is 5.91 Å². The number of anilines is 2. The van der Waals surface area contributed by atoms with Gasteiger partial charge in [-0.2, -0.15) is 0 Å². The molecule has 5 nitrogen and oxygen atoms in total. The fraction of sp³-hybridized carbons (Fsp3) is 0.300. The van der Waals surface area contributed by atoms with Crippen molar-refractivity contribution >= 4 is 23.2 Å². The zero-order chi connectivity index (χ0) is 18.0. The molecule has 1 aliphatic rings. The Labute approximate surface area is 147 Å². The van der Waals surface area contributed by atoms with E-state index in [1.165, 1.54) is 0 Å². The third-order valence-electron chi connectivity index (χ3n) is 4.02. The summed E-state index contributed by atoms with van der Waals surface area (Å²) in [7, 11) is 0. The van der Waals surface area contributed by atoms with Crippen molar-refractivity contribution in [1.82, 2.24) is 0 Å². The van der Waals surface area contributed by atoms with Gasteiger partial charge in [-0.05, 0) is 43.2 Å². The van der Waals surface area contributed by atoms with Crippen LogP contribution in [0.3, 0.4) is 0 Å². The monoisotopic (exact) mass is 338 g/mol. The number of hydrogen-bond donors (Lipinski definition) is 1. The van der Waals surface area contributed by atoms with Crippen LogP contribution in [0.1, 0.15) is 37.6 Å². The first-order valence-corrected chi connectivity index (χ1v) is 8.52. The minimum atomic E-state index is -0.137. The maximum absolute atomic E-state index is 13.0. The quantitative estimate of drug-likeness (QED) is 0.896. The molecule has 0 saturated heterocycles. The molecule has 1 N–H and O–H groups in total. The van der Waals surface area contributed by atoms with Crippen molar-refractivity contribution < 1.29 is 14.3 Å². The molecule has 0 spiro atoms. The van der Waals surface area contributed by atoms with Gasteiger partial charge in [0.15, 0.2) is 5.75 Å². The van der Waals surface area contributed by atoms with Gasteiger partial charge in [-0.1, -0.05) is 26.0 Å². The second kappa shape index (κ2) is 6.97. The summed E-state index contributed by atoms with van der Waals surface area (Å²) in [5.41, 5.74) is 1.79. The number of para-hydroxylation sites is 2. The zero-order valence-electron chi connectivity index (χ0n) is 14.7. The predicted molar refractivity (Wildman–Crippen MR) is 98.4 cm³/mol. The number of carbonyl (C=O) groups excluding carboxylic acids is 2. The number of ether oxygens (including phenoxy) is 1. The lowest BCUT2D eigenvalue weighted by Crippen LogP contribution is -2.29. The molecule has 3 rings (SSSR count). The van der Waals surface area contributed by atoms with Crippen LogP contribution < -0.4 is 15.0 Å². The summed E-state index contributed by atoms with van der Waals surface area (Å²) in [5, 5.41) is 2.85. The van der Waals surface area contributed by atoms with E-state index in [1.807, 2.05) is 45.0 Å². The fourth-order valence-corrected chi connectivity index (χ4v) is 2.90. The van der Waals surface area contributed by atoms with E-state index in [2.05, 4.69) is 5.32 Å². The predicted octanol–water partition coefficient (Wildman–Crippen LogP) is 4.44. The second-order valence-electron chi connectivity index (χ2n) is 6.48. The van der Waals surface area contributed by atoms with Crippen LogP contribution in [0.4, 0.5) is 11.4 Å². The van der Waals surface area contributed by atoms with Gasteiger partial charge >= 0.3 is 0 Å². The Morgan fingerprint density at radius 2 is 1.92 bits per heavy atom. The van der Waals surface area contributed by atoms with Gasteiger partial charge in [0, 0.05) is 18.7 Å². The van der Waals surface area contributed by atoms with Crippen LogP contribution in [0.15, 0.2) is 42.5 Å². The topological polar surface area (TPSA) is 58.6 Å². The first kappa shape index (κ1) is 17.0. The maximum atomic E-state index is 13.0. The highest BCUT2D eigenvalue weighted by molar-refractivity contribution is 6.10. The van der Waals surface area contributed by atoms with E-state index in [1.54, 1.807) is 23.1 Å². The third-order valence-corrected chi connectivity index (χ3v) is 4.02. The van der Waals surface area contributed by atoms with Crippen molar-refractivity contribution in [3.8, 4) is 11.5 Å². The molecule has 25 heavy (non-hydrogen) atoms. The van der Waals surface area contributed by atoms with Gasteiger partial charge in [-0.3, -0.25) is 9.59 Å². The molecule has 130 valence electrons. The minimum Gasteiger partial charge on any atom is -0.454 e. The molecule has 0 atom stereocenters. The molecule has 0 unspecified atom stereocenters. The molecule has 1 heterocycles. The van der Waals surface area contributed by atoms with Crippen molar-refractivity contribution in [2.75, 3.05) is 16.8 Å². The Bertz CT molecular complexity index is 814. The van der Waals surface area contributed by atoms with E-state index in [0.717, 1.165) is 5.69 Å². The first-order valence-electron chi connectivity index (χ1n) is 8.52. The standard InChI is InChI=1S/C20H22N2O3/c1-4-22-16-7-5-6-8-18(16)25-17-10-9-14(12-15(17)20(22)24)21-19(23)11-13(2)3/h5-10,12-13H,4,11H2,1-3H3,(H,21,23). The van der Waals surface area contributed by atoms with Gasteiger partial charge in [-0.25, -0.2) is 0 Å². The van der Waals surface area contributed by atoms with Crippen LogP contribution in [0.2, 0.25) is 0 Å². The van der Waals surface area contributed by atoms with E-state index in [0.29, 0.717) is 35.7 Å². The molecule has 0 aliphatic carbocycles. The Morgan fingerprint density at radius 1 is 1.16 bits per heavy atom. The lowest BCUT2D eigenvalue weighted by molar-refractivity contribution is -0.116. The molecule has 0 aromatic heterocycles. The molecule has 2 aromatic rings. The van der Waals surface area contributed by atoms with Crippen LogP contribution in [-0.4, -0.2) is 18.4 Å². The summed E-state index contributed by atoms with van der Waals surface area (Å²) in [6, 6.07) is 12.6. The average molecular weight is 338 g/mol. The number of amides is 2. The lowest BCUT2D eigenvalue weighted by Gasteiger charge is -2.19. The molecule has 0 saturated carbocycles. The van der Waals surface area contributed by atoms with Crippen molar-refractivity contribution in [2.45, 2.75) is 27.2 Å². The van der Waals surface area contributed by atoms with Crippen LogP contribution in [0.25, 0.3) is 0 Å². The Kier molecular flexibility index (Phi) is 4.74. The number of fused-ring (bicyclic) bond motifs is 2. The molecule has 0 radical (unpaired) electrons. The number of rotatable bonds is 4. The molecular weight excluding hydrogens is 316 g/mol. The van der Waals surface area contributed by atoms with Crippen molar-refractivity contribution in [2.24, 2.45) is 5.92 Å². The molecule has 1 aliphatic heterocycles. The smallest absolute Gasteiger partial charge is 0.262 e. The van der Waals surface area contributed by atoms with Crippen molar-refractivity contribution in [3.05, 3.63) is 48.0 Å². The van der Waals surface area contributed by atoms with Gasteiger partial charge in [0.25, 0.3) is 5.91 Å². The highest BCUT2D eigenvalue weighted by Crippen LogP contribution is 2.39. The van der Waals surface area contributed by atoms with Gasteiger partial charge in [0.05, 0.1) is 11.3 Å². The van der Waals surface area contributed by atoms with E-state index in [4.69, 9.17) is 4.74 Å². The SMILES string of the molecule is CCN1C(=O)c2cc(NC(=O)CC(C)C)ccc2Oc2ccccc21. The highest BCUT2D eigenvalue weighted by atomic mass is 16.5. The van der Waals surface area contributed by atoms with Crippen LogP contribution >= 0.6 is 0 Å². The largest absolute Gasteiger partial charge is 0.454 e. The Morgan fingerprint density at radius 3 is 2.64 bits per heavy atom. The summed E-state index contributed by atoms with van der Waals surface area (Å²) in [4.78, 5) is 26.7. The molecule has 0 fully saturated rings. The summed E-state index contributed by atoms with van der Waals surface area (Å²) >= 11 is 0. The fourth-order valence-electron chi connectivity index (χ4n) is 2.90. The van der Waals surface area contributed by atoms with Gasteiger partial charge in [0.1, 0.15) is 5.75 Å². The first-order chi connectivity index (χ1) is 12.0. The van der Waals surface area contributed by atoms with E-state index < -0.39 is 0 Å². The molecular formula is C20H22N2O3. The minimum absolute atomic E-state index is 0.0624. The van der Waals surface area contributed by atoms with Crippen molar-refractivity contribution in [1.29, 1.82) is 0 Å². The zero-order valence-corrected chi connectivity index (χ0v) is 14.7. The summed E-state index contributed by atoms with van der Waals surface area (Å²) in [6.45, 7) is 6.44. The van der Waals surface area contributed by atoms with Gasteiger partial charge in [-0.15, -0.1) is 0 Å².